The van der Waals surface area contributed by atoms with Gasteiger partial charge in [0.05, 0.1) is 18.1 Å². The number of methoxy groups -OCH3 is 1. The van der Waals surface area contributed by atoms with Gasteiger partial charge in [-0.05, 0) is 48.7 Å². The molecule has 1 aliphatic heterocycles. The summed E-state index contributed by atoms with van der Waals surface area (Å²) < 4.78 is 10.6. The normalized spacial score (nSPS) is 15.9. The van der Waals surface area contributed by atoms with Crippen LogP contribution in [0.3, 0.4) is 0 Å². The zero-order valence-corrected chi connectivity index (χ0v) is 17.0. The van der Waals surface area contributed by atoms with Crippen LogP contribution in [-0.2, 0) is 9.53 Å². The number of amides is 2. The molecule has 0 unspecified atom stereocenters. The second kappa shape index (κ2) is 10.4. The summed E-state index contributed by atoms with van der Waals surface area (Å²) in [6.07, 6.45) is 3.12. The van der Waals surface area contributed by atoms with Crippen molar-refractivity contribution in [1.82, 2.24) is 10.6 Å². The van der Waals surface area contributed by atoms with Crippen LogP contribution in [0.25, 0.3) is 6.08 Å². The van der Waals surface area contributed by atoms with Crippen molar-refractivity contribution in [1.29, 1.82) is 0 Å². The molecule has 0 bridgehead atoms. The molecule has 1 atom stereocenters. The van der Waals surface area contributed by atoms with Gasteiger partial charge in [0.2, 0.25) is 0 Å². The van der Waals surface area contributed by atoms with Gasteiger partial charge >= 0.3 is 0 Å². The minimum absolute atomic E-state index is 0.0284. The van der Waals surface area contributed by atoms with Crippen molar-refractivity contribution in [2.24, 2.45) is 0 Å². The number of hydrogen-bond donors (Lipinski definition) is 2. The number of nitro groups is 1. The molecule has 0 aromatic heterocycles. The number of non-ortho nitro benzene ring substituents is 1. The van der Waals surface area contributed by atoms with Gasteiger partial charge in [0.15, 0.2) is 0 Å². The SMILES string of the molecule is COc1ccc(C(=O)N/C(=C\c2cccc([N+](=O)[O-])c2)C(=O)NC[C@@H]2CCCO2)cc1. The quantitative estimate of drug-likeness (QED) is 0.381. The van der Waals surface area contributed by atoms with E-state index in [1.165, 1.54) is 31.4 Å². The van der Waals surface area contributed by atoms with Crippen LogP contribution in [0, 0.1) is 10.1 Å². The first-order valence-electron chi connectivity index (χ1n) is 9.77. The molecular weight excluding hydrogens is 402 g/mol. The van der Waals surface area contributed by atoms with Crippen molar-refractivity contribution in [3.05, 3.63) is 75.5 Å². The fourth-order valence-corrected chi connectivity index (χ4v) is 3.10. The number of nitrogens with zero attached hydrogens (tertiary/aromatic N) is 1. The van der Waals surface area contributed by atoms with E-state index in [1.807, 2.05) is 0 Å². The van der Waals surface area contributed by atoms with Crippen LogP contribution in [-0.4, -0.2) is 43.1 Å². The molecule has 2 N–H and O–H groups in total. The fourth-order valence-electron chi connectivity index (χ4n) is 3.10. The molecule has 0 radical (unpaired) electrons. The number of hydrogen-bond acceptors (Lipinski definition) is 6. The van der Waals surface area contributed by atoms with E-state index < -0.39 is 16.7 Å². The third-order valence-corrected chi connectivity index (χ3v) is 4.75. The maximum absolute atomic E-state index is 12.8. The topological polar surface area (TPSA) is 120 Å². The lowest BCUT2D eigenvalue weighted by Crippen LogP contribution is -2.38. The van der Waals surface area contributed by atoms with Crippen molar-refractivity contribution < 1.29 is 24.0 Å². The van der Waals surface area contributed by atoms with Crippen molar-refractivity contribution >= 4 is 23.6 Å². The summed E-state index contributed by atoms with van der Waals surface area (Å²) in [5.41, 5.74) is 0.595. The molecule has 1 fully saturated rings. The molecule has 1 heterocycles. The molecule has 0 spiro atoms. The minimum Gasteiger partial charge on any atom is -0.497 e. The smallest absolute Gasteiger partial charge is 0.270 e. The van der Waals surface area contributed by atoms with Gasteiger partial charge in [-0.2, -0.15) is 0 Å². The molecule has 3 rings (SSSR count). The molecule has 1 aliphatic rings. The Bertz CT molecular complexity index is 981. The summed E-state index contributed by atoms with van der Waals surface area (Å²) in [5.74, 6) is -0.409. The Morgan fingerprint density at radius 3 is 2.68 bits per heavy atom. The maximum atomic E-state index is 12.8. The molecule has 2 aromatic carbocycles. The third-order valence-electron chi connectivity index (χ3n) is 4.75. The summed E-state index contributed by atoms with van der Waals surface area (Å²) in [6.45, 7) is 0.967. The van der Waals surface area contributed by atoms with Crippen LogP contribution >= 0.6 is 0 Å². The predicted molar refractivity (Wildman–Crippen MR) is 114 cm³/mol. The van der Waals surface area contributed by atoms with Crippen LogP contribution in [0.1, 0.15) is 28.8 Å². The average Bonchev–Trinajstić information content (AvgIpc) is 3.31. The number of carbonyl (C=O) groups excluding carboxylic acids is 2. The van der Waals surface area contributed by atoms with E-state index in [-0.39, 0.29) is 17.5 Å². The van der Waals surface area contributed by atoms with Gasteiger partial charge in [-0.3, -0.25) is 19.7 Å². The molecule has 162 valence electrons. The Labute approximate surface area is 179 Å². The minimum atomic E-state index is -0.523. The van der Waals surface area contributed by atoms with Crippen molar-refractivity contribution in [3.63, 3.8) is 0 Å². The Morgan fingerprint density at radius 2 is 2.03 bits per heavy atom. The van der Waals surface area contributed by atoms with E-state index in [9.17, 15) is 19.7 Å². The molecular formula is C22H23N3O6. The molecule has 2 amide bonds. The fraction of sp³-hybridized carbons (Fsp3) is 0.273. The van der Waals surface area contributed by atoms with E-state index >= 15 is 0 Å². The van der Waals surface area contributed by atoms with E-state index in [4.69, 9.17) is 9.47 Å². The van der Waals surface area contributed by atoms with Crippen molar-refractivity contribution in [2.75, 3.05) is 20.3 Å². The van der Waals surface area contributed by atoms with E-state index in [0.717, 1.165) is 12.8 Å². The first kappa shape index (κ1) is 22.0. The van der Waals surface area contributed by atoms with Gasteiger partial charge < -0.3 is 20.1 Å². The molecule has 0 saturated carbocycles. The lowest BCUT2D eigenvalue weighted by molar-refractivity contribution is -0.384. The van der Waals surface area contributed by atoms with Gasteiger partial charge in [0.1, 0.15) is 11.4 Å². The number of nitro benzene ring substituents is 1. The molecule has 9 nitrogen and oxygen atoms in total. The standard InChI is InChI=1S/C22H23N3O6/c1-30-18-9-7-16(8-10-18)21(26)24-20(22(27)23-14-19-6-3-11-31-19)13-15-4-2-5-17(12-15)25(28)29/h2,4-5,7-10,12-13,19H,3,6,11,14H2,1H3,(H,23,27)(H,24,26)/b20-13-/t19-/m0/s1. The summed E-state index contributed by atoms with van der Waals surface area (Å²) in [6, 6.07) is 12.2. The number of carbonyl (C=O) groups is 2. The van der Waals surface area contributed by atoms with Crippen molar-refractivity contribution in [2.45, 2.75) is 18.9 Å². The highest BCUT2D eigenvalue weighted by atomic mass is 16.6. The van der Waals surface area contributed by atoms with Gasteiger partial charge in [0, 0.05) is 30.8 Å². The third kappa shape index (κ3) is 6.13. The van der Waals surface area contributed by atoms with Crippen molar-refractivity contribution in [3.8, 4) is 5.75 Å². The van der Waals surface area contributed by atoms with Crippen LogP contribution in [0.5, 0.6) is 5.75 Å². The van der Waals surface area contributed by atoms with Gasteiger partial charge in [-0.15, -0.1) is 0 Å². The predicted octanol–water partition coefficient (Wildman–Crippen LogP) is 2.67. The lowest BCUT2D eigenvalue weighted by Gasteiger charge is -2.14. The molecule has 31 heavy (non-hydrogen) atoms. The average molecular weight is 425 g/mol. The Morgan fingerprint density at radius 1 is 1.26 bits per heavy atom. The van der Waals surface area contributed by atoms with Crippen LogP contribution in [0.4, 0.5) is 5.69 Å². The van der Waals surface area contributed by atoms with Crippen LogP contribution < -0.4 is 15.4 Å². The van der Waals surface area contributed by atoms with Crippen LogP contribution in [0.2, 0.25) is 0 Å². The highest BCUT2D eigenvalue weighted by Gasteiger charge is 2.19. The van der Waals surface area contributed by atoms with Crippen LogP contribution in [0.15, 0.2) is 54.2 Å². The molecule has 0 aliphatic carbocycles. The first-order valence-corrected chi connectivity index (χ1v) is 9.77. The lowest BCUT2D eigenvalue weighted by atomic mass is 10.1. The first-order chi connectivity index (χ1) is 15.0. The largest absolute Gasteiger partial charge is 0.497 e. The van der Waals surface area contributed by atoms with Gasteiger partial charge in [0.25, 0.3) is 17.5 Å². The maximum Gasteiger partial charge on any atom is 0.270 e. The Balaban J connectivity index is 1.81. The van der Waals surface area contributed by atoms with E-state index in [2.05, 4.69) is 10.6 Å². The van der Waals surface area contributed by atoms with Gasteiger partial charge in [-0.1, -0.05) is 12.1 Å². The highest BCUT2D eigenvalue weighted by molar-refractivity contribution is 6.05. The second-order valence-corrected chi connectivity index (χ2v) is 6.94. The second-order valence-electron chi connectivity index (χ2n) is 6.94. The monoisotopic (exact) mass is 425 g/mol. The zero-order valence-electron chi connectivity index (χ0n) is 17.0. The highest BCUT2D eigenvalue weighted by Crippen LogP contribution is 2.17. The number of rotatable bonds is 8. The Kier molecular flexibility index (Phi) is 7.34. The number of ether oxygens (including phenoxy) is 2. The molecule has 2 aromatic rings. The number of benzene rings is 2. The van der Waals surface area contributed by atoms with E-state index in [0.29, 0.717) is 30.0 Å². The molecule has 9 heteroatoms. The summed E-state index contributed by atoms with van der Waals surface area (Å²) in [7, 11) is 1.52. The Hall–Kier alpha value is -3.72. The summed E-state index contributed by atoms with van der Waals surface area (Å²) in [4.78, 5) is 36.0. The summed E-state index contributed by atoms with van der Waals surface area (Å²) in [5, 5.41) is 16.4. The number of nitrogens with one attached hydrogen (secondary N) is 2. The van der Waals surface area contributed by atoms with E-state index in [1.54, 1.807) is 30.3 Å². The van der Waals surface area contributed by atoms with Gasteiger partial charge in [-0.25, -0.2) is 0 Å². The molecule has 1 saturated heterocycles. The summed E-state index contributed by atoms with van der Waals surface area (Å²) >= 11 is 0. The zero-order chi connectivity index (χ0) is 22.2.